The van der Waals surface area contributed by atoms with E-state index in [1.165, 1.54) is 0 Å². The lowest BCUT2D eigenvalue weighted by molar-refractivity contribution is -0.0140. The Morgan fingerprint density at radius 1 is 1.22 bits per heavy atom. The molecule has 1 amide bonds. The Hall–Kier alpha value is -3.03. The van der Waals surface area contributed by atoms with Crippen LogP contribution in [0.15, 0.2) is 41.0 Å². The second kappa shape index (κ2) is 9.22. The van der Waals surface area contributed by atoms with Crippen LogP contribution in [0.1, 0.15) is 44.9 Å². The number of benzene rings is 2. The van der Waals surface area contributed by atoms with Gasteiger partial charge >= 0.3 is 0 Å². The van der Waals surface area contributed by atoms with E-state index in [0.717, 1.165) is 27.9 Å². The maximum atomic E-state index is 15.0. The molecule has 0 spiro atoms. The fourth-order valence-corrected chi connectivity index (χ4v) is 3.92. The molecule has 32 heavy (non-hydrogen) atoms. The summed E-state index contributed by atoms with van der Waals surface area (Å²) >= 11 is 0. The molecule has 0 saturated carbocycles. The number of nitrogens with one attached hydrogen (secondary N) is 1. The smallest absolute Gasteiger partial charge is 0.254 e. The van der Waals surface area contributed by atoms with E-state index >= 15 is 0 Å². The van der Waals surface area contributed by atoms with Crippen molar-refractivity contribution in [2.75, 3.05) is 13.2 Å². The number of aliphatic hydroxyl groups excluding tert-OH is 1. The molecule has 1 aromatic heterocycles. The maximum Gasteiger partial charge on any atom is 0.254 e. The highest BCUT2D eigenvalue weighted by Crippen LogP contribution is 2.25. The fraction of sp³-hybridized carbons (Fsp3) is 0.360. The Bertz CT molecular complexity index is 1120. The molecule has 2 aromatic carbocycles. The average Bonchev–Trinajstić information content (AvgIpc) is 3.22. The highest BCUT2D eigenvalue weighted by atomic mass is 19.1. The predicted molar refractivity (Wildman–Crippen MR) is 118 cm³/mol. The van der Waals surface area contributed by atoms with Gasteiger partial charge in [-0.1, -0.05) is 24.3 Å². The lowest BCUT2D eigenvalue weighted by Crippen LogP contribution is -2.49. The van der Waals surface area contributed by atoms with Crippen molar-refractivity contribution in [1.29, 1.82) is 0 Å². The Kier molecular flexibility index (Phi) is 6.39. The van der Waals surface area contributed by atoms with E-state index in [2.05, 4.69) is 10.3 Å². The van der Waals surface area contributed by atoms with Crippen molar-refractivity contribution in [1.82, 2.24) is 10.3 Å². The van der Waals surface area contributed by atoms with Crippen molar-refractivity contribution >= 4 is 5.91 Å². The van der Waals surface area contributed by atoms with E-state index in [-0.39, 0.29) is 12.2 Å². The Morgan fingerprint density at radius 2 is 1.97 bits per heavy atom. The second-order valence-corrected chi connectivity index (χ2v) is 8.28. The number of nitrogens with zero attached hydrogens (tertiary/aromatic N) is 1. The van der Waals surface area contributed by atoms with Crippen LogP contribution in [0.3, 0.4) is 0 Å². The highest BCUT2D eigenvalue weighted by molar-refractivity contribution is 5.95. The third-order valence-electron chi connectivity index (χ3n) is 6.07. The van der Waals surface area contributed by atoms with Gasteiger partial charge in [-0.05, 0) is 55.0 Å². The first kappa shape index (κ1) is 22.2. The molecule has 1 aliphatic rings. The first-order chi connectivity index (χ1) is 15.3. The van der Waals surface area contributed by atoms with Gasteiger partial charge in [0.25, 0.3) is 5.91 Å². The second-order valence-electron chi connectivity index (χ2n) is 8.28. The number of amides is 1. The normalized spacial score (nSPS) is 18.5. The third-order valence-corrected chi connectivity index (χ3v) is 6.07. The molecule has 6 nitrogen and oxygen atoms in total. The molecule has 3 aromatic rings. The van der Waals surface area contributed by atoms with Crippen molar-refractivity contribution < 1.29 is 23.4 Å². The lowest BCUT2D eigenvalue weighted by Gasteiger charge is -2.28. The number of hydrogen-bond acceptors (Lipinski definition) is 5. The van der Waals surface area contributed by atoms with Crippen LogP contribution in [-0.4, -0.2) is 41.4 Å². The summed E-state index contributed by atoms with van der Waals surface area (Å²) in [6.45, 7) is 6.00. The van der Waals surface area contributed by atoms with Crippen LogP contribution in [0.2, 0.25) is 0 Å². The largest absolute Gasteiger partial charge is 0.449 e. The summed E-state index contributed by atoms with van der Waals surface area (Å²) in [5.41, 5.74) is 4.88. The topological polar surface area (TPSA) is 84.6 Å². The van der Waals surface area contributed by atoms with Gasteiger partial charge in [-0.25, -0.2) is 9.37 Å². The molecular weight excluding hydrogens is 411 g/mol. The van der Waals surface area contributed by atoms with Gasteiger partial charge in [0.1, 0.15) is 17.8 Å². The maximum absolute atomic E-state index is 15.0. The summed E-state index contributed by atoms with van der Waals surface area (Å²) in [4.78, 5) is 17.2. The highest BCUT2D eigenvalue weighted by Gasteiger charge is 2.27. The van der Waals surface area contributed by atoms with Crippen molar-refractivity contribution in [2.24, 2.45) is 0 Å². The number of carbonyl (C=O) groups is 1. The lowest BCUT2D eigenvalue weighted by atomic mass is 9.93. The van der Waals surface area contributed by atoms with Crippen molar-refractivity contribution in [3.05, 3.63) is 76.1 Å². The fourth-order valence-electron chi connectivity index (χ4n) is 3.92. The number of aliphatic hydroxyl groups is 1. The van der Waals surface area contributed by atoms with Crippen LogP contribution in [0, 0.1) is 26.6 Å². The molecule has 1 aliphatic heterocycles. The van der Waals surface area contributed by atoms with Gasteiger partial charge in [0.2, 0.25) is 0 Å². The molecule has 1 fully saturated rings. The first-order valence-corrected chi connectivity index (χ1v) is 10.7. The summed E-state index contributed by atoms with van der Waals surface area (Å²) in [7, 11) is 0. The molecule has 0 radical (unpaired) electrons. The zero-order valence-corrected chi connectivity index (χ0v) is 18.4. The van der Waals surface area contributed by atoms with Gasteiger partial charge in [0, 0.05) is 19.1 Å². The quantitative estimate of drug-likeness (QED) is 0.632. The van der Waals surface area contributed by atoms with Crippen LogP contribution >= 0.6 is 0 Å². The van der Waals surface area contributed by atoms with E-state index in [1.807, 2.05) is 31.2 Å². The predicted octanol–water partition coefficient (Wildman–Crippen LogP) is 3.88. The van der Waals surface area contributed by atoms with Crippen molar-refractivity contribution in [3.63, 3.8) is 0 Å². The number of aromatic nitrogens is 1. The molecule has 2 heterocycles. The summed E-state index contributed by atoms with van der Waals surface area (Å²) in [6.07, 6.45) is 1.92. The number of aryl methyl sites for hydroxylation is 1. The van der Waals surface area contributed by atoms with Crippen LogP contribution in [-0.2, 0) is 11.2 Å². The standard InChI is InChI=1S/C25H27FN2O4/c1-14-15(2)24(26)20(25(30)28-22-12-31-9-8-23(22)29)11-19(14)10-17-4-6-18(7-5-17)21-13-32-16(3)27-21/h4-7,11,13,22-23,29H,8-10,12H2,1-3H3,(H,28,30)/t22-,23-/m0/s1. The molecule has 4 rings (SSSR count). The minimum Gasteiger partial charge on any atom is -0.449 e. The molecule has 168 valence electrons. The van der Waals surface area contributed by atoms with Crippen LogP contribution in [0.25, 0.3) is 11.3 Å². The monoisotopic (exact) mass is 438 g/mol. The number of hydrogen-bond donors (Lipinski definition) is 2. The number of carbonyl (C=O) groups excluding carboxylic acids is 1. The number of rotatable bonds is 5. The van der Waals surface area contributed by atoms with Gasteiger partial charge in [-0.15, -0.1) is 0 Å². The Balaban J connectivity index is 1.56. The number of halogens is 1. The van der Waals surface area contributed by atoms with Gasteiger partial charge < -0.3 is 19.6 Å². The van der Waals surface area contributed by atoms with Gasteiger partial charge in [0.15, 0.2) is 5.89 Å². The SMILES string of the molecule is Cc1nc(-c2ccc(Cc3cc(C(=O)N[C@H]4COCC[C@@H]4O)c(F)c(C)c3C)cc2)co1. The molecule has 0 bridgehead atoms. The molecule has 0 unspecified atom stereocenters. The summed E-state index contributed by atoms with van der Waals surface area (Å²) in [5, 5.41) is 12.8. The van der Waals surface area contributed by atoms with E-state index < -0.39 is 23.9 Å². The Labute approximate surface area is 186 Å². The minimum atomic E-state index is -0.700. The summed E-state index contributed by atoms with van der Waals surface area (Å²) < 4.78 is 25.6. The number of oxazole rings is 1. The average molecular weight is 438 g/mol. The molecule has 7 heteroatoms. The van der Waals surface area contributed by atoms with E-state index in [0.29, 0.717) is 30.9 Å². The van der Waals surface area contributed by atoms with Crippen molar-refractivity contribution in [2.45, 2.75) is 45.8 Å². The van der Waals surface area contributed by atoms with Crippen LogP contribution in [0.4, 0.5) is 4.39 Å². The molecule has 2 N–H and O–H groups in total. The van der Waals surface area contributed by atoms with Crippen LogP contribution < -0.4 is 5.32 Å². The van der Waals surface area contributed by atoms with E-state index in [9.17, 15) is 14.3 Å². The van der Waals surface area contributed by atoms with Crippen molar-refractivity contribution in [3.8, 4) is 11.3 Å². The molecule has 0 aliphatic carbocycles. The molecule has 1 saturated heterocycles. The molecule has 2 atom stereocenters. The van der Waals surface area contributed by atoms with E-state index in [4.69, 9.17) is 9.15 Å². The van der Waals surface area contributed by atoms with Gasteiger partial charge in [-0.3, -0.25) is 4.79 Å². The van der Waals surface area contributed by atoms with E-state index in [1.54, 1.807) is 26.2 Å². The molecular formula is C25H27FN2O4. The Morgan fingerprint density at radius 3 is 2.62 bits per heavy atom. The zero-order chi connectivity index (χ0) is 22.8. The van der Waals surface area contributed by atoms with Gasteiger partial charge in [-0.2, -0.15) is 0 Å². The van der Waals surface area contributed by atoms with Crippen LogP contribution in [0.5, 0.6) is 0 Å². The first-order valence-electron chi connectivity index (χ1n) is 10.7. The minimum absolute atomic E-state index is 0.0180. The van der Waals surface area contributed by atoms with Gasteiger partial charge in [0.05, 0.1) is 24.3 Å². The summed E-state index contributed by atoms with van der Waals surface area (Å²) in [5.74, 6) is -0.468. The third kappa shape index (κ3) is 4.59. The zero-order valence-electron chi connectivity index (χ0n) is 18.4. The number of ether oxygens (including phenoxy) is 1. The summed E-state index contributed by atoms with van der Waals surface area (Å²) in [6, 6.07) is 8.98.